The summed E-state index contributed by atoms with van der Waals surface area (Å²) in [7, 11) is 1.86. The number of benzene rings is 3. The van der Waals surface area contributed by atoms with Crippen molar-refractivity contribution in [3.63, 3.8) is 0 Å². The highest BCUT2D eigenvalue weighted by molar-refractivity contribution is 6.08. The van der Waals surface area contributed by atoms with E-state index in [1.807, 2.05) is 54.9 Å². The summed E-state index contributed by atoms with van der Waals surface area (Å²) in [4.78, 5) is 60.4. The number of rotatable bonds is 14. The largest absolute Gasteiger partial charge is 0.475 e. The van der Waals surface area contributed by atoms with Crippen LogP contribution in [0.5, 0.6) is 29.3 Å². The van der Waals surface area contributed by atoms with Crippen LogP contribution in [-0.2, 0) is 16.6 Å². The molecule has 6 aromatic heterocycles. The predicted octanol–water partition coefficient (Wildman–Crippen LogP) is 9.08. The average molecular weight is 982 g/mol. The average Bonchev–Trinajstić information content (AvgIpc) is 4.08. The molecule has 6 N–H and O–H groups in total. The maximum absolute atomic E-state index is 16.2. The predicted molar refractivity (Wildman–Crippen MR) is 271 cm³/mol. The van der Waals surface area contributed by atoms with Gasteiger partial charge in [0.15, 0.2) is 11.6 Å². The van der Waals surface area contributed by atoms with E-state index < -0.39 is 35.4 Å². The summed E-state index contributed by atoms with van der Waals surface area (Å²) in [5.74, 6) is -2.46. The number of carbonyl (C=O) groups excluding carboxylic acids is 2. The lowest BCUT2D eigenvalue weighted by Crippen LogP contribution is -2.27. The number of fused-ring (bicyclic) bond motifs is 2. The second-order valence-electron chi connectivity index (χ2n) is 17.4. The van der Waals surface area contributed by atoms with E-state index in [0.29, 0.717) is 67.3 Å². The number of nitrogens with zero attached hydrogens (tertiary/aromatic N) is 9. The molecule has 20 heteroatoms. The standard InChI is InChI=1S/C53H45F2N13O5/c1-6-40(69)68-22-32(35(23-68)46-42(44-48(57)60-26-62-50(44)67(46)5)29-12-17-34(18-13-29)72-39-9-7-8-28(4)63-39)24-71-52-37(55)21-58-53(66-52)73-38-19-14-31(20-36(38)54)41-43-47(56)59-25-61-49(43)65-45(41)30-10-15-33(16-11-30)64-51(70)27(2)3/h6-21,25-26,32,35H,1-2,22-24H2,3-5H3,(H,64,70)(H2,57,60,62)(H3,56,59,61,65). The Morgan fingerprint density at radius 1 is 0.849 bits per heavy atom. The Morgan fingerprint density at radius 3 is 2.30 bits per heavy atom. The van der Waals surface area contributed by atoms with Crippen molar-refractivity contribution in [1.29, 1.82) is 0 Å². The van der Waals surface area contributed by atoms with Gasteiger partial charge in [0.2, 0.25) is 17.6 Å². The van der Waals surface area contributed by atoms with Gasteiger partial charge in [-0.1, -0.05) is 49.6 Å². The Kier molecular flexibility index (Phi) is 12.5. The van der Waals surface area contributed by atoms with Crippen molar-refractivity contribution in [3.05, 3.63) is 152 Å². The minimum Gasteiger partial charge on any atom is -0.475 e. The van der Waals surface area contributed by atoms with Gasteiger partial charge in [-0.25, -0.2) is 34.3 Å². The van der Waals surface area contributed by atoms with E-state index in [-0.39, 0.29) is 48.9 Å². The summed E-state index contributed by atoms with van der Waals surface area (Å²) in [6, 6.07) is 23.8. The molecule has 18 nitrogen and oxygen atoms in total. The highest BCUT2D eigenvalue weighted by Crippen LogP contribution is 2.46. The van der Waals surface area contributed by atoms with Gasteiger partial charge in [-0.3, -0.25) is 9.59 Å². The minimum atomic E-state index is -0.897. The summed E-state index contributed by atoms with van der Waals surface area (Å²) < 4.78 is 51.7. The van der Waals surface area contributed by atoms with Crippen molar-refractivity contribution in [2.24, 2.45) is 13.0 Å². The third kappa shape index (κ3) is 9.19. The van der Waals surface area contributed by atoms with E-state index >= 15 is 8.78 Å². The monoisotopic (exact) mass is 981 g/mol. The molecule has 0 aliphatic carbocycles. The van der Waals surface area contributed by atoms with E-state index in [0.717, 1.165) is 28.7 Å². The zero-order valence-electron chi connectivity index (χ0n) is 39.6. The van der Waals surface area contributed by atoms with E-state index in [1.165, 1.54) is 30.9 Å². The molecule has 9 aromatic rings. The molecule has 1 aliphatic heterocycles. The van der Waals surface area contributed by atoms with Crippen molar-refractivity contribution in [3.8, 4) is 62.8 Å². The molecule has 1 saturated heterocycles. The van der Waals surface area contributed by atoms with Crippen LogP contribution in [0.4, 0.5) is 26.1 Å². The van der Waals surface area contributed by atoms with Crippen LogP contribution in [0.2, 0.25) is 0 Å². The zero-order chi connectivity index (χ0) is 51.1. The number of nitrogen functional groups attached to an aromatic ring is 2. The molecule has 366 valence electrons. The summed E-state index contributed by atoms with van der Waals surface area (Å²) in [6.07, 6.45) is 4.81. The van der Waals surface area contributed by atoms with E-state index in [4.69, 9.17) is 25.7 Å². The molecule has 7 heterocycles. The maximum Gasteiger partial charge on any atom is 0.325 e. The Morgan fingerprint density at radius 2 is 1.58 bits per heavy atom. The lowest BCUT2D eigenvalue weighted by Gasteiger charge is -2.21. The number of aryl methyl sites for hydroxylation is 2. The molecule has 2 amide bonds. The third-order valence-corrected chi connectivity index (χ3v) is 12.5. The SMILES string of the molecule is C=CC(=O)N1CC(COc2nc(Oc3ccc(-c4c(-c5ccc(NC(=O)C(=C)C)cc5)[nH]c5ncnc(N)c45)cc3F)ncc2F)C(c2c(-c3ccc(Oc4cccc(C)n4)cc3)c3c(N)ncnc3n2C)C1. The van der Waals surface area contributed by atoms with Gasteiger partial charge < -0.3 is 45.4 Å². The molecule has 2 unspecified atom stereocenters. The molecule has 73 heavy (non-hydrogen) atoms. The van der Waals surface area contributed by atoms with Crippen LogP contribution in [0.1, 0.15) is 24.2 Å². The number of amides is 2. The maximum atomic E-state index is 16.2. The van der Waals surface area contributed by atoms with Crippen LogP contribution in [-0.4, -0.2) is 80.8 Å². The van der Waals surface area contributed by atoms with Crippen molar-refractivity contribution in [2.75, 3.05) is 36.5 Å². The van der Waals surface area contributed by atoms with Gasteiger partial charge in [-0.15, -0.1) is 0 Å². The van der Waals surface area contributed by atoms with Crippen LogP contribution in [0.15, 0.2) is 129 Å². The first-order chi connectivity index (χ1) is 35.2. The first kappa shape index (κ1) is 47.1. The smallest absolute Gasteiger partial charge is 0.325 e. The van der Waals surface area contributed by atoms with Crippen LogP contribution < -0.4 is 31.0 Å². The van der Waals surface area contributed by atoms with Crippen LogP contribution >= 0.6 is 0 Å². The zero-order valence-corrected chi connectivity index (χ0v) is 39.6. The molecule has 1 aliphatic rings. The molecular formula is C53H45F2N13O5. The number of hydrogen-bond acceptors (Lipinski definition) is 14. The van der Waals surface area contributed by atoms with Gasteiger partial charge in [0.1, 0.15) is 41.3 Å². The number of likely N-dealkylation sites (tertiary alicyclic amines) is 1. The van der Waals surface area contributed by atoms with Crippen molar-refractivity contribution in [2.45, 2.75) is 19.8 Å². The van der Waals surface area contributed by atoms with Gasteiger partial charge in [0, 0.05) is 71.8 Å². The summed E-state index contributed by atoms with van der Waals surface area (Å²) in [6.45, 7) is 11.2. The Hall–Kier alpha value is -9.59. The fourth-order valence-electron chi connectivity index (χ4n) is 9.08. The molecule has 0 spiro atoms. The van der Waals surface area contributed by atoms with Crippen LogP contribution in [0.3, 0.4) is 0 Å². The normalized spacial score (nSPS) is 14.3. The molecule has 3 aromatic carbocycles. The fourth-order valence-corrected chi connectivity index (χ4v) is 9.08. The van der Waals surface area contributed by atoms with Crippen molar-refractivity contribution in [1.82, 2.24) is 49.3 Å². The summed E-state index contributed by atoms with van der Waals surface area (Å²) >= 11 is 0. The minimum absolute atomic E-state index is 0.119. The number of nitrogens with two attached hydrogens (primary N) is 2. The van der Waals surface area contributed by atoms with Crippen molar-refractivity contribution >= 4 is 51.2 Å². The molecular weight excluding hydrogens is 937 g/mol. The molecule has 0 bridgehead atoms. The number of aromatic nitrogens is 9. The number of pyridine rings is 1. The van der Waals surface area contributed by atoms with Crippen LogP contribution in [0.25, 0.3) is 55.6 Å². The summed E-state index contributed by atoms with van der Waals surface area (Å²) in [5, 5.41) is 3.85. The Balaban J connectivity index is 0.923. The lowest BCUT2D eigenvalue weighted by molar-refractivity contribution is -0.125. The number of aromatic amines is 1. The third-order valence-electron chi connectivity index (χ3n) is 12.5. The van der Waals surface area contributed by atoms with E-state index in [2.05, 4.69) is 58.3 Å². The van der Waals surface area contributed by atoms with Gasteiger partial charge in [-0.2, -0.15) is 9.37 Å². The van der Waals surface area contributed by atoms with Gasteiger partial charge >= 0.3 is 6.01 Å². The number of ether oxygens (including phenoxy) is 3. The summed E-state index contributed by atoms with van der Waals surface area (Å²) in [5.41, 5.74) is 20.1. The molecule has 0 radical (unpaired) electrons. The Bertz CT molecular complexity index is 3660. The van der Waals surface area contributed by atoms with E-state index in [1.54, 1.807) is 48.2 Å². The second-order valence-corrected chi connectivity index (χ2v) is 17.4. The van der Waals surface area contributed by atoms with Gasteiger partial charge in [0.05, 0.1) is 29.3 Å². The Labute approximate surface area is 415 Å². The molecule has 1 fully saturated rings. The van der Waals surface area contributed by atoms with Crippen molar-refractivity contribution < 1.29 is 32.6 Å². The number of anilines is 3. The highest BCUT2D eigenvalue weighted by Gasteiger charge is 2.40. The molecule has 0 saturated carbocycles. The number of carbonyl (C=O) groups is 2. The number of hydrogen-bond donors (Lipinski definition) is 4. The van der Waals surface area contributed by atoms with Gasteiger partial charge in [0.25, 0.3) is 11.8 Å². The number of H-pyrrole nitrogens is 1. The second kappa shape index (κ2) is 19.3. The highest BCUT2D eigenvalue weighted by atomic mass is 19.1. The first-order valence-electron chi connectivity index (χ1n) is 22.8. The number of halogens is 2. The van der Waals surface area contributed by atoms with E-state index in [9.17, 15) is 9.59 Å². The first-order valence-corrected chi connectivity index (χ1v) is 22.8. The number of nitrogens with one attached hydrogen (secondary N) is 2. The lowest BCUT2D eigenvalue weighted by atomic mass is 9.88. The molecule has 2 atom stereocenters. The topological polar surface area (TPSA) is 240 Å². The quantitative estimate of drug-likeness (QED) is 0.0744. The van der Waals surface area contributed by atoms with Crippen LogP contribution in [0, 0.1) is 24.5 Å². The molecule has 10 rings (SSSR count). The fraction of sp³-hybridized carbons (Fsp3) is 0.151. The van der Waals surface area contributed by atoms with Gasteiger partial charge in [-0.05, 0) is 79.1 Å².